The highest BCUT2D eigenvalue weighted by Gasteiger charge is 2.17. The van der Waals surface area contributed by atoms with Crippen molar-refractivity contribution >= 4 is 15.8 Å². The molecule has 0 aliphatic heterocycles. The topological polar surface area (TPSA) is 9.23 Å². The van der Waals surface area contributed by atoms with Gasteiger partial charge in [-0.05, 0) is 22.2 Å². The van der Waals surface area contributed by atoms with Crippen molar-refractivity contribution in [1.29, 1.82) is 0 Å². The molecular formula is C13H18OSi. The zero-order chi connectivity index (χ0) is 10.9. The molecule has 0 bridgehead atoms. The Hall–Kier alpha value is -1.02. The highest BCUT2D eigenvalue weighted by atomic mass is 28.2. The van der Waals surface area contributed by atoms with E-state index in [1.165, 1.54) is 11.1 Å². The maximum absolute atomic E-state index is 5.95. The van der Waals surface area contributed by atoms with E-state index in [0.29, 0.717) is 5.04 Å². The van der Waals surface area contributed by atoms with Crippen molar-refractivity contribution in [3.8, 4) is 0 Å². The third-order valence-corrected chi connectivity index (χ3v) is 3.81. The molecule has 80 valence electrons. The van der Waals surface area contributed by atoms with Crippen LogP contribution >= 0.6 is 0 Å². The predicted molar refractivity (Wildman–Crippen MR) is 67.5 cm³/mol. The van der Waals surface area contributed by atoms with E-state index in [0.717, 1.165) is 12.2 Å². The minimum Gasteiger partial charge on any atom is -0.551 e. The molecule has 0 fully saturated rings. The first-order valence-corrected chi connectivity index (χ1v) is 6.74. The second-order valence-electron chi connectivity index (χ2n) is 5.34. The molecule has 1 aromatic rings. The Balaban J connectivity index is 2.00. The summed E-state index contributed by atoms with van der Waals surface area (Å²) in [4.78, 5) is 0. The number of hydrogen-bond acceptors (Lipinski definition) is 1. The highest BCUT2D eigenvalue weighted by Crippen LogP contribution is 2.28. The predicted octanol–water partition coefficient (Wildman–Crippen LogP) is 2.90. The van der Waals surface area contributed by atoms with Gasteiger partial charge in [-0.1, -0.05) is 45.0 Å². The third-order valence-electron chi connectivity index (χ3n) is 2.43. The first-order valence-electron chi connectivity index (χ1n) is 5.46. The molecule has 1 aliphatic rings. The van der Waals surface area contributed by atoms with Gasteiger partial charge in [-0.3, -0.25) is 0 Å². The van der Waals surface area contributed by atoms with Gasteiger partial charge in [-0.15, -0.1) is 0 Å². The van der Waals surface area contributed by atoms with Crippen LogP contribution in [0.15, 0.2) is 30.0 Å². The monoisotopic (exact) mass is 218 g/mol. The summed E-state index contributed by atoms with van der Waals surface area (Å²) in [6, 6.07) is 8.52. The summed E-state index contributed by atoms with van der Waals surface area (Å²) in [5, 5.41) is 0.371. The summed E-state index contributed by atoms with van der Waals surface area (Å²) in [7, 11) is -0.463. The third kappa shape index (κ3) is 2.72. The van der Waals surface area contributed by atoms with Crippen LogP contribution in [0.4, 0.5) is 0 Å². The van der Waals surface area contributed by atoms with Gasteiger partial charge in [0, 0.05) is 6.42 Å². The van der Waals surface area contributed by atoms with Gasteiger partial charge in [-0.25, -0.2) is 0 Å². The van der Waals surface area contributed by atoms with Crippen LogP contribution in [0, 0.1) is 0 Å². The van der Waals surface area contributed by atoms with E-state index < -0.39 is 9.76 Å². The molecular weight excluding hydrogens is 200 g/mol. The Morgan fingerprint density at radius 1 is 1.20 bits per heavy atom. The minimum absolute atomic E-state index is 0.371. The van der Waals surface area contributed by atoms with Gasteiger partial charge in [0.15, 0.2) is 0 Å². The lowest BCUT2D eigenvalue weighted by Gasteiger charge is -2.18. The summed E-state index contributed by atoms with van der Waals surface area (Å²) in [6.07, 6.45) is 3.17. The number of fused-ring (bicyclic) bond motifs is 1. The Labute approximate surface area is 94.1 Å². The molecule has 1 aromatic carbocycles. The molecule has 0 radical (unpaired) electrons. The van der Waals surface area contributed by atoms with E-state index in [1.807, 2.05) is 0 Å². The number of allylic oxidation sites excluding steroid dienone is 1. The quantitative estimate of drug-likeness (QED) is 0.694. The lowest BCUT2D eigenvalue weighted by Crippen LogP contribution is -2.12. The normalized spacial score (nSPS) is 15.5. The van der Waals surface area contributed by atoms with Crippen LogP contribution in [0.25, 0.3) is 6.08 Å². The fourth-order valence-corrected chi connectivity index (χ4v) is 2.45. The summed E-state index contributed by atoms with van der Waals surface area (Å²) in [5.74, 6) is 1.16. The van der Waals surface area contributed by atoms with Gasteiger partial charge in [0.25, 0.3) is 0 Å². The van der Waals surface area contributed by atoms with E-state index in [2.05, 4.69) is 51.1 Å². The zero-order valence-electron chi connectivity index (χ0n) is 9.71. The number of benzene rings is 1. The standard InChI is InChI=1S/C13H18OSi/c1-13(2,3)15-14-12-8-10-6-4-5-7-11(10)9-12/h4-8H,9,15H2,1-3H3. The van der Waals surface area contributed by atoms with Gasteiger partial charge in [0.1, 0.15) is 0 Å². The second kappa shape index (κ2) is 3.85. The van der Waals surface area contributed by atoms with E-state index in [-0.39, 0.29) is 0 Å². The van der Waals surface area contributed by atoms with Gasteiger partial charge in [-0.2, -0.15) is 0 Å². The Morgan fingerprint density at radius 2 is 1.93 bits per heavy atom. The van der Waals surface area contributed by atoms with Crippen LogP contribution in [0.3, 0.4) is 0 Å². The van der Waals surface area contributed by atoms with Gasteiger partial charge >= 0.3 is 0 Å². The van der Waals surface area contributed by atoms with Gasteiger partial charge in [0.05, 0.1) is 5.76 Å². The summed E-state index contributed by atoms with van der Waals surface area (Å²) < 4.78 is 5.95. The molecule has 0 amide bonds. The lowest BCUT2D eigenvalue weighted by atomic mass is 10.1. The van der Waals surface area contributed by atoms with Crippen LogP contribution in [-0.4, -0.2) is 9.76 Å². The van der Waals surface area contributed by atoms with E-state index in [1.54, 1.807) is 0 Å². The molecule has 0 saturated heterocycles. The second-order valence-corrected chi connectivity index (χ2v) is 8.03. The molecule has 0 unspecified atom stereocenters. The van der Waals surface area contributed by atoms with Crippen LogP contribution < -0.4 is 0 Å². The summed E-state index contributed by atoms with van der Waals surface area (Å²) >= 11 is 0. The Morgan fingerprint density at radius 3 is 2.60 bits per heavy atom. The first-order chi connectivity index (χ1) is 7.04. The molecule has 0 atom stereocenters. The molecule has 0 N–H and O–H groups in total. The van der Waals surface area contributed by atoms with Crippen LogP contribution in [0.1, 0.15) is 31.9 Å². The summed E-state index contributed by atoms with van der Waals surface area (Å²) in [5.41, 5.74) is 2.73. The average Bonchev–Trinajstić information content (AvgIpc) is 2.56. The molecule has 0 saturated carbocycles. The van der Waals surface area contributed by atoms with E-state index >= 15 is 0 Å². The van der Waals surface area contributed by atoms with E-state index in [4.69, 9.17) is 4.43 Å². The van der Waals surface area contributed by atoms with Crippen molar-refractivity contribution in [3.63, 3.8) is 0 Å². The summed E-state index contributed by atoms with van der Waals surface area (Å²) in [6.45, 7) is 6.76. The lowest BCUT2D eigenvalue weighted by molar-refractivity contribution is 0.423. The Bertz CT molecular complexity index is 388. The molecule has 2 rings (SSSR count). The maximum atomic E-state index is 5.95. The molecule has 0 aromatic heterocycles. The Kier molecular flexibility index (Phi) is 2.70. The fraction of sp³-hybridized carbons (Fsp3) is 0.385. The van der Waals surface area contributed by atoms with Crippen molar-refractivity contribution in [2.24, 2.45) is 0 Å². The SMILES string of the molecule is CC(C)(C)[SiH2]OC1=Cc2ccccc2C1. The van der Waals surface area contributed by atoms with Gasteiger partial charge < -0.3 is 4.43 Å². The van der Waals surface area contributed by atoms with Crippen LogP contribution in [0.5, 0.6) is 0 Å². The fourth-order valence-electron chi connectivity index (χ4n) is 1.65. The average molecular weight is 218 g/mol. The molecule has 0 heterocycles. The largest absolute Gasteiger partial charge is 0.551 e. The smallest absolute Gasteiger partial charge is 0.224 e. The minimum atomic E-state index is -0.463. The van der Waals surface area contributed by atoms with Crippen molar-refractivity contribution in [1.82, 2.24) is 0 Å². The molecule has 2 heteroatoms. The zero-order valence-corrected chi connectivity index (χ0v) is 11.1. The number of rotatable bonds is 2. The van der Waals surface area contributed by atoms with Crippen molar-refractivity contribution in [2.75, 3.05) is 0 Å². The van der Waals surface area contributed by atoms with Gasteiger partial charge in [0.2, 0.25) is 9.76 Å². The van der Waals surface area contributed by atoms with Crippen molar-refractivity contribution < 1.29 is 4.43 Å². The molecule has 1 aliphatic carbocycles. The molecule has 0 spiro atoms. The van der Waals surface area contributed by atoms with E-state index in [9.17, 15) is 0 Å². The van der Waals surface area contributed by atoms with Crippen molar-refractivity contribution in [3.05, 3.63) is 41.2 Å². The van der Waals surface area contributed by atoms with Crippen LogP contribution in [0.2, 0.25) is 5.04 Å². The van der Waals surface area contributed by atoms with Crippen LogP contribution in [-0.2, 0) is 10.8 Å². The first kappa shape index (κ1) is 10.5. The molecule has 1 nitrogen and oxygen atoms in total. The molecule has 15 heavy (non-hydrogen) atoms. The number of hydrogen-bond donors (Lipinski definition) is 0. The van der Waals surface area contributed by atoms with Crippen molar-refractivity contribution in [2.45, 2.75) is 32.2 Å². The maximum Gasteiger partial charge on any atom is 0.224 e. The highest BCUT2D eigenvalue weighted by molar-refractivity contribution is 6.32.